The van der Waals surface area contributed by atoms with Gasteiger partial charge in [0.2, 0.25) is 4.69 Å². The zero-order chi connectivity index (χ0) is 21.0. The molecule has 0 radical (unpaired) electrons. The summed E-state index contributed by atoms with van der Waals surface area (Å²) in [5.41, 5.74) is 3.94. The maximum atomic E-state index is 10.6. The van der Waals surface area contributed by atoms with E-state index in [9.17, 15) is 9.59 Å². The molecule has 0 spiro atoms. The predicted octanol–water partition coefficient (Wildman–Crippen LogP) is 7.62. The maximum Gasteiger partial charge on any atom is 0.252 e. The van der Waals surface area contributed by atoms with Crippen molar-refractivity contribution < 1.29 is 9.59 Å². The van der Waals surface area contributed by atoms with E-state index in [4.69, 9.17) is 34.8 Å². The van der Waals surface area contributed by atoms with E-state index in [0.29, 0.717) is 17.3 Å². The Kier molecular flexibility index (Phi) is 13.5. The number of rotatable bonds is 4. The number of benzene rings is 2. The first-order chi connectivity index (χ1) is 12.5. The highest BCUT2D eigenvalue weighted by molar-refractivity contribution is 9.20. The molecule has 0 saturated heterocycles. The van der Waals surface area contributed by atoms with Crippen LogP contribution in [-0.4, -0.2) is 14.3 Å². The fourth-order valence-corrected chi connectivity index (χ4v) is 1.88. The van der Waals surface area contributed by atoms with Gasteiger partial charge >= 0.3 is 0 Å². The molecule has 0 aromatic heterocycles. The summed E-state index contributed by atoms with van der Waals surface area (Å²) in [7, 11) is 0. The number of carbonyl (C=O) groups excluding carboxylic acids is 2. The summed E-state index contributed by atoms with van der Waals surface area (Å²) >= 11 is 22.3. The first kappa shape index (κ1) is 26.6. The minimum absolute atomic E-state index is 0.0278. The summed E-state index contributed by atoms with van der Waals surface area (Å²) in [4.78, 5) is 20.9. The molecule has 2 rings (SSSR count). The minimum Gasteiger partial charge on any atom is -0.285 e. The second-order valence-corrected chi connectivity index (χ2v) is 9.55. The van der Waals surface area contributed by atoms with Crippen LogP contribution >= 0.6 is 66.7 Å². The van der Waals surface area contributed by atoms with Crippen LogP contribution < -0.4 is 0 Å². The molecule has 0 aliphatic carbocycles. The van der Waals surface area contributed by atoms with E-state index >= 15 is 0 Å². The Morgan fingerprint density at radius 2 is 1.22 bits per heavy atom. The fourth-order valence-electron chi connectivity index (χ4n) is 1.40. The molecule has 2 aromatic carbocycles. The minimum atomic E-state index is -0.439. The molecule has 0 saturated carbocycles. The maximum absolute atomic E-state index is 10.6. The average Bonchev–Trinajstić information content (AvgIpc) is 2.62. The van der Waals surface area contributed by atoms with E-state index in [-0.39, 0.29) is 4.69 Å². The normalized spacial score (nSPS) is 10.1. The van der Waals surface area contributed by atoms with Crippen LogP contribution in [0.4, 0.5) is 0 Å². The molecule has 2 aromatic rings. The summed E-state index contributed by atoms with van der Waals surface area (Å²) < 4.78 is -0.437. The van der Waals surface area contributed by atoms with Gasteiger partial charge in [0.05, 0.1) is 4.32 Å². The molecule has 0 atom stereocenters. The summed E-state index contributed by atoms with van der Waals surface area (Å²) in [5.74, 6) is 1.07. The number of aryl methyl sites for hydroxylation is 1. The Bertz CT molecular complexity index is 710. The zero-order valence-corrected chi connectivity index (χ0v) is 20.7. The molecule has 7 heteroatoms. The fraction of sp³-hybridized carbons (Fsp3) is 0.300. The van der Waals surface area contributed by atoms with Crippen molar-refractivity contribution in [2.24, 2.45) is 0 Å². The average molecular weight is 560 g/mol. The van der Waals surface area contributed by atoms with Crippen molar-refractivity contribution >= 4 is 76.6 Å². The van der Waals surface area contributed by atoms with E-state index in [0.717, 1.165) is 5.56 Å². The quantitative estimate of drug-likeness (QED) is 0.285. The highest BCUT2D eigenvalue weighted by atomic mass is 79.9. The third-order valence-corrected chi connectivity index (χ3v) is 5.80. The Balaban J connectivity index is 0.000000387. The number of halogens is 5. The van der Waals surface area contributed by atoms with Crippen molar-refractivity contribution in [2.45, 2.75) is 36.9 Å². The van der Waals surface area contributed by atoms with Crippen molar-refractivity contribution in [3.63, 3.8) is 0 Å². The van der Waals surface area contributed by atoms with Crippen molar-refractivity contribution in [3.8, 4) is 0 Å². The molecule has 0 aliphatic rings. The number of carbonyl (C=O) groups is 2. The molecular formula is C20H21Br2Cl3O2. The van der Waals surface area contributed by atoms with Crippen LogP contribution in [0.2, 0.25) is 0 Å². The van der Waals surface area contributed by atoms with Gasteiger partial charge in [-0.25, -0.2) is 0 Å². The summed E-state index contributed by atoms with van der Waals surface area (Å²) in [5, 5.41) is -0.439. The lowest BCUT2D eigenvalue weighted by atomic mass is 10.2. The SMILES string of the molecule is CC(C)(Br)C(=O)Br.Cc1ccc(CCl)cc1.O=C(Cl)c1ccc(CCl)cc1. The standard InChI is InChI=1S/C8H6Cl2O.C8H9Cl.C4H6Br2O/c9-5-6-1-3-7(4-2-6)8(10)11;1-7-2-4-8(6-9)5-3-7;1-4(2,6)3(5)7/h1-4H,5H2;2-5H,6H2,1H3;1-2H3. The van der Waals surface area contributed by atoms with Crippen LogP contribution in [0.1, 0.15) is 40.9 Å². The molecule has 27 heavy (non-hydrogen) atoms. The Hall–Kier alpha value is -0.390. The largest absolute Gasteiger partial charge is 0.285 e. The van der Waals surface area contributed by atoms with Crippen LogP contribution in [0.25, 0.3) is 0 Å². The zero-order valence-electron chi connectivity index (χ0n) is 15.2. The van der Waals surface area contributed by atoms with Gasteiger partial charge in [-0.2, -0.15) is 0 Å². The number of alkyl halides is 3. The Labute approximate surface area is 192 Å². The second kappa shape index (κ2) is 13.7. The highest BCUT2D eigenvalue weighted by Gasteiger charge is 2.19. The van der Waals surface area contributed by atoms with Gasteiger partial charge in [-0.05, 0) is 71.6 Å². The van der Waals surface area contributed by atoms with Crippen molar-refractivity contribution in [3.05, 3.63) is 70.8 Å². The van der Waals surface area contributed by atoms with Gasteiger partial charge in [0.1, 0.15) is 0 Å². The molecule has 0 aliphatic heterocycles. The van der Waals surface area contributed by atoms with Crippen molar-refractivity contribution in [2.75, 3.05) is 0 Å². The first-order valence-electron chi connectivity index (χ1n) is 7.86. The van der Waals surface area contributed by atoms with Crippen LogP contribution in [0, 0.1) is 6.92 Å². The van der Waals surface area contributed by atoms with Gasteiger partial charge in [-0.3, -0.25) is 9.59 Å². The third kappa shape index (κ3) is 12.6. The monoisotopic (exact) mass is 556 g/mol. The van der Waals surface area contributed by atoms with Gasteiger partial charge in [-0.15, -0.1) is 23.2 Å². The molecule has 0 bridgehead atoms. The molecule has 2 nitrogen and oxygen atoms in total. The van der Waals surface area contributed by atoms with Gasteiger partial charge in [0, 0.05) is 17.3 Å². The molecule has 0 fully saturated rings. The molecule has 0 unspecified atom stereocenters. The van der Waals surface area contributed by atoms with Crippen molar-refractivity contribution in [1.82, 2.24) is 0 Å². The Morgan fingerprint density at radius 3 is 1.48 bits per heavy atom. The lowest BCUT2D eigenvalue weighted by molar-refractivity contribution is -0.111. The topological polar surface area (TPSA) is 34.1 Å². The predicted molar refractivity (Wildman–Crippen MR) is 124 cm³/mol. The number of hydrogen-bond donors (Lipinski definition) is 0. The molecular weight excluding hydrogens is 538 g/mol. The first-order valence-corrected chi connectivity index (χ1v) is 10.9. The summed E-state index contributed by atoms with van der Waals surface area (Å²) in [6, 6.07) is 15.1. The lowest BCUT2D eigenvalue weighted by Gasteiger charge is -2.06. The second-order valence-electron chi connectivity index (χ2n) is 5.97. The van der Waals surface area contributed by atoms with Crippen LogP contribution in [0.5, 0.6) is 0 Å². The van der Waals surface area contributed by atoms with Gasteiger partial charge < -0.3 is 0 Å². The van der Waals surface area contributed by atoms with E-state index < -0.39 is 9.57 Å². The van der Waals surface area contributed by atoms with E-state index in [2.05, 4.69) is 50.9 Å². The van der Waals surface area contributed by atoms with E-state index in [1.807, 2.05) is 12.1 Å². The van der Waals surface area contributed by atoms with E-state index in [1.54, 1.807) is 38.1 Å². The van der Waals surface area contributed by atoms with Crippen LogP contribution in [0.3, 0.4) is 0 Å². The van der Waals surface area contributed by atoms with Crippen LogP contribution in [0.15, 0.2) is 48.5 Å². The smallest absolute Gasteiger partial charge is 0.252 e. The van der Waals surface area contributed by atoms with Crippen molar-refractivity contribution in [1.29, 1.82) is 0 Å². The van der Waals surface area contributed by atoms with Crippen LogP contribution in [-0.2, 0) is 16.6 Å². The molecule has 148 valence electrons. The lowest BCUT2D eigenvalue weighted by Crippen LogP contribution is -2.17. The van der Waals surface area contributed by atoms with Gasteiger partial charge in [0.15, 0.2) is 0 Å². The summed E-state index contributed by atoms with van der Waals surface area (Å²) in [6.07, 6.45) is 0. The molecule has 0 amide bonds. The Morgan fingerprint density at radius 1 is 0.889 bits per heavy atom. The molecule has 0 N–H and O–H groups in total. The third-order valence-electron chi connectivity index (χ3n) is 3.08. The van der Waals surface area contributed by atoms with E-state index in [1.165, 1.54) is 11.1 Å². The highest BCUT2D eigenvalue weighted by Crippen LogP contribution is 2.19. The molecule has 0 heterocycles. The summed E-state index contributed by atoms with van der Waals surface area (Å²) in [6.45, 7) is 5.63. The number of hydrogen-bond acceptors (Lipinski definition) is 2. The van der Waals surface area contributed by atoms with Gasteiger partial charge in [-0.1, -0.05) is 57.9 Å². The van der Waals surface area contributed by atoms with Gasteiger partial charge in [0.25, 0.3) is 5.24 Å².